The van der Waals surface area contributed by atoms with Crippen LogP contribution >= 0.6 is 0 Å². The van der Waals surface area contributed by atoms with Crippen molar-refractivity contribution in [1.82, 2.24) is 4.90 Å². The molecule has 1 fully saturated rings. The Morgan fingerprint density at radius 2 is 1.84 bits per heavy atom. The largest absolute Gasteiger partial charge is 0.595 e. The number of likely N-dealkylation sites (N-methyl/N-ethyl adjacent to an activating group) is 1. The van der Waals surface area contributed by atoms with Crippen LogP contribution in [0.3, 0.4) is 0 Å². The fourth-order valence-electron chi connectivity index (χ4n) is 2.22. The van der Waals surface area contributed by atoms with Crippen LogP contribution in [-0.2, 0) is 4.84 Å². The van der Waals surface area contributed by atoms with Gasteiger partial charge in [0.2, 0.25) is 5.69 Å². The fourth-order valence-corrected chi connectivity index (χ4v) is 2.22. The van der Waals surface area contributed by atoms with Crippen molar-refractivity contribution in [2.45, 2.75) is 0 Å². The summed E-state index contributed by atoms with van der Waals surface area (Å²) < 4.78 is 5.28. The van der Waals surface area contributed by atoms with Crippen LogP contribution in [0.2, 0.25) is 0 Å². The third-order valence-electron chi connectivity index (χ3n) is 3.46. The number of hydrogen-bond donors (Lipinski definition) is 1. The van der Waals surface area contributed by atoms with Gasteiger partial charge in [-0.2, -0.15) is 5.23 Å². The Bertz CT molecular complexity index is 420. The number of benzene rings is 1. The topological polar surface area (TPSA) is 52.4 Å². The molecule has 6 nitrogen and oxygen atoms in total. The lowest BCUT2D eigenvalue weighted by molar-refractivity contribution is -0.992. The van der Waals surface area contributed by atoms with Gasteiger partial charge in [0, 0.05) is 44.0 Å². The van der Waals surface area contributed by atoms with Crippen molar-refractivity contribution in [3.8, 4) is 5.75 Å². The van der Waals surface area contributed by atoms with Gasteiger partial charge in [-0.15, -0.1) is 0 Å². The van der Waals surface area contributed by atoms with E-state index >= 15 is 0 Å². The predicted octanol–water partition coefficient (Wildman–Crippen LogP) is 0.0226. The van der Waals surface area contributed by atoms with E-state index in [0.717, 1.165) is 31.9 Å². The Hall–Kier alpha value is -1.34. The van der Waals surface area contributed by atoms with Crippen LogP contribution in [0.4, 0.5) is 11.4 Å². The molecule has 1 atom stereocenters. The minimum Gasteiger partial charge on any atom is -0.595 e. The van der Waals surface area contributed by atoms with E-state index in [0.29, 0.717) is 11.4 Å². The molecular weight excluding hydrogens is 246 g/mol. The maximum absolute atomic E-state index is 11.6. The molecule has 0 amide bonds. The van der Waals surface area contributed by atoms with E-state index in [2.05, 4.69) is 16.8 Å². The normalized spacial score (nSPS) is 18.4. The molecule has 1 heterocycles. The molecule has 0 saturated carbocycles. The molecule has 0 bridgehead atoms. The molecule has 1 N–H and O–H groups in total. The van der Waals surface area contributed by atoms with Crippen molar-refractivity contribution in [2.75, 3.05) is 52.3 Å². The first-order valence-corrected chi connectivity index (χ1v) is 6.35. The van der Waals surface area contributed by atoms with Gasteiger partial charge < -0.3 is 19.7 Å². The number of piperazine rings is 1. The molecule has 106 valence electrons. The summed E-state index contributed by atoms with van der Waals surface area (Å²) in [6.45, 7) is 4.05. The molecule has 2 rings (SSSR count). The molecule has 1 aliphatic heterocycles. The number of nitrogens with one attached hydrogen (secondary N) is 1. The summed E-state index contributed by atoms with van der Waals surface area (Å²) in [6.07, 6.45) is 0. The number of nitrogens with zero attached hydrogens (tertiary/aromatic N) is 2. The second-order valence-corrected chi connectivity index (χ2v) is 4.67. The Balaban J connectivity index is 2.19. The van der Waals surface area contributed by atoms with Crippen molar-refractivity contribution in [1.29, 1.82) is 0 Å². The SMILES string of the molecule is COc1cc(N2CCN(C)CC2)ccc1[NH+]([O-])OC. The summed E-state index contributed by atoms with van der Waals surface area (Å²) in [5, 5.41) is 11.2. The van der Waals surface area contributed by atoms with E-state index in [-0.39, 0.29) is 5.23 Å². The number of rotatable bonds is 4. The van der Waals surface area contributed by atoms with Gasteiger partial charge in [-0.05, 0) is 13.1 Å². The Kier molecular flexibility index (Phi) is 4.60. The van der Waals surface area contributed by atoms with Gasteiger partial charge in [-0.25, -0.2) is 4.84 Å². The van der Waals surface area contributed by atoms with Crippen LogP contribution in [0, 0.1) is 5.21 Å². The molecule has 0 spiro atoms. The van der Waals surface area contributed by atoms with Gasteiger partial charge in [0.1, 0.15) is 0 Å². The lowest BCUT2D eigenvalue weighted by Crippen LogP contribution is -3.00. The van der Waals surface area contributed by atoms with E-state index in [1.165, 1.54) is 7.11 Å². The van der Waals surface area contributed by atoms with E-state index in [9.17, 15) is 5.21 Å². The molecule has 19 heavy (non-hydrogen) atoms. The highest BCUT2D eigenvalue weighted by atomic mass is 16.9. The Labute approximate surface area is 113 Å². The van der Waals surface area contributed by atoms with Crippen LogP contribution in [-0.4, -0.2) is 52.3 Å². The highest BCUT2D eigenvalue weighted by Crippen LogP contribution is 2.27. The number of methoxy groups -OCH3 is 1. The monoisotopic (exact) mass is 267 g/mol. The summed E-state index contributed by atoms with van der Waals surface area (Å²) in [5.41, 5.74) is 1.54. The van der Waals surface area contributed by atoms with Gasteiger partial charge in [0.15, 0.2) is 5.75 Å². The average Bonchev–Trinajstić information content (AvgIpc) is 2.46. The van der Waals surface area contributed by atoms with Crippen LogP contribution in [0.25, 0.3) is 0 Å². The maximum Gasteiger partial charge on any atom is 0.206 e. The van der Waals surface area contributed by atoms with Gasteiger partial charge in [-0.3, -0.25) is 0 Å². The first-order chi connectivity index (χ1) is 9.15. The quantitative estimate of drug-likeness (QED) is 0.780. The minimum absolute atomic E-state index is 0.373. The van der Waals surface area contributed by atoms with Crippen molar-refractivity contribution < 1.29 is 14.8 Å². The lowest BCUT2D eigenvalue weighted by atomic mass is 10.2. The molecule has 1 saturated heterocycles. The predicted molar refractivity (Wildman–Crippen MR) is 73.7 cm³/mol. The number of anilines is 1. The van der Waals surface area contributed by atoms with Gasteiger partial charge in [-0.1, -0.05) is 0 Å². The highest BCUT2D eigenvalue weighted by molar-refractivity contribution is 5.59. The highest BCUT2D eigenvalue weighted by Gasteiger charge is 2.18. The molecule has 1 unspecified atom stereocenters. The zero-order valence-electron chi connectivity index (χ0n) is 11.7. The summed E-state index contributed by atoms with van der Waals surface area (Å²) >= 11 is 0. The fraction of sp³-hybridized carbons (Fsp3) is 0.538. The van der Waals surface area contributed by atoms with Crippen LogP contribution in [0.15, 0.2) is 18.2 Å². The first-order valence-electron chi connectivity index (χ1n) is 6.35. The summed E-state index contributed by atoms with van der Waals surface area (Å²) in [5.74, 6) is 0.559. The number of hydrogen-bond acceptors (Lipinski definition) is 5. The Morgan fingerprint density at radius 3 is 2.42 bits per heavy atom. The number of quaternary nitrogens is 1. The smallest absolute Gasteiger partial charge is 0.206 e. The molecule has 0 radical (unpaired) electrons. The second-order valence-electron chi connectivity index (χ2n) is 4.67. The van der Waals surface area contributed by atoms with Crippen LogP contribution in [0.5, 0.6) is 5.75 Å². The first kappa shape index (κ1) is 14.1. The zero-order valence-corrected chi connectivity index (χ0v) is 11.7. The average molecular weight is 267 g/mol. The standard InChI is InChI=1S/C13H21N3O3/c1-14-6-8-15(9-7-14)11-4-5-12(16(17)19-3)13(10-11)18-2/h4-5,10,16H,6-9H2,1-3H3. The zero-order chi connectivity index (χ0) is 13.8. The van der Waals surface area contributed by atoms with E-state index in [1.54, 1.807) is 13.2 Å². The van der Waals surface area contributed by atoms with Crippen LogP contribution in [0.1, 0.15) is 0 Å². The summed E-state index contributed by atoms with van der Waals surface area (Å²) in [6, 6.07) is 5.61. The molecule has 6 heteroatoms. The summed E-state index contributed by atoms with van der Waals surface area (Å²) in [4.78, 5) is 9.34. The van der Waals surface area contributed by atoms with Crippen molar-refractivity contribution in [3.63, 3.8) is 0 Å². The summed E-state index contributed by atoms with van der Waals surface area (Å²) in [7, 11) is 5.06. The second kappa shape index (κ2) is 6.21. The van der Waals surface area contributed by atoms with Crippen molar-refractivity contribution in [3.05, 3.63) is 23.4 Å². The molecular formula is C13H21N3O3. The lowest BCUT2D eigenvalue weighted by Gasteiger charge is -2.34. The van der Waals surface area contributed by atoms with Crippen LogP contribution < -0.4 is 14.9 Å². The van der Waals surface area contributed by atoms with Gasteiger partial charge in [0.25, 0.3) is 0 Å². The van der Waals surface area contributed by atoms with E-state index in [1.807, 2.05) is 12.1 Å². The van der Waals surface area contributed by atoms with Gasteiger partial charge in [0.05, 0.1) is 14.2 Å². The van der Waals surface area contributed by atoms with E-state index in [4.69, 9.17) is 9.57 Å². The van der Waals surface area contributed by atoms with E-state index < -0.39 is 0 Å². The Morgan fingerprint density at radius 1 is 1.16 bits per heavy atom. The molecule has 0 aromatic heterocycles. The minimum atomic E-state index is -0.373. The third-order valence-corrected chi connectivity index (χ3v) is 3.46. The van der Waals surface area contributed by atoms with Crippen molar-refractivity contribution in [2.24, 2.45) is 0 Å². The third kappa shape index (κ3) is 3.16. The van der Waals surface area contributed by atoms with Gasteiger partial charge >= 0.3 is 0 Å². The molecule has 1 aromatic carbocycles. The maximum atomic E-state index is 11.6. The molecule has 1 aromatic rings. The number of ether oxygens (including phenoxy) is 1. The molecule has 0 aliphatic carbocycles. The molecule has 1 aliphatic rings. The van der Waals surface area contributed by atoms with Crippen molar-refractivity contribution >= 4 is 11.4 Å².